The molecule has 38 heavy (non-hydrogen) atoms. The predicted molar refractivity (Wildman–Crippen MR) is 115 cm³/mol. The van der Waals surface area contributed by atoms with Gasteiger partial charge in [-0.15, -0.1) is 26.3 Å². The van der Waals surface area contributed by atoms with Crippen LogP contribution in [0.4, 0.5) is 39.5 Å². The van der Waals surface area contributed by atoms with E-state index in [1.165, 1.54) is 36.4 Å². The molecule has 0 spiro atoms. The Morgan fingerprint density at radius 1 is 0.842 bits per heavy atom. The maximum atomic E-state index is 12.9. The van der Waals surface area contributed by atoms with Crippen LogP contribution < -0.4 is 14.8 Å². The molecule has 4 atom stereocenters. The molecule has 1 aliphatic rings. The minimum Gasteiger partial charge on any atom is -0.457 e. The van der Waals surface area contributed by atoms with E-state index < -0.39 is 55.4 Å². The lowest BCUT2D eigenvalue weighted by Gasteiger charge is -2.36. The van der Waals surface area contributed by atoms with Crippen molar-refractivity contribution in [2.75, 3.05) is 6.54 Å². The summed E-state index contributed by atoms with van der Waals surface area (Å²) >= 11 is 0. The summed E-state index contributed by atoms with van der Waals surface area (Å²) in [4.78, 5) is 0. The van der Waals surface area contributed by atoms with E-state index in [4.69, 9.17) is 4.74 Å². The lowest BCUT2D eigenvalue weighted by molar-refractivity contribution is -0.346. The molecule has 4 unspecified atom stereocenters. The largest absolute Gasteiger partial charge is 0.573 e. The van der Waals surface area contributed by atoms with Crippen molar-refractivity contribution in [1.82, 2.24) is 5.32 Å². The number of benzene rings is 2. The number of ether oxygens (including phenoxy) is 3. The van der Waals surface area contributed by atoms with Crippen LogP contribution in [0.1, 0.15) is 37.3 Å². The molecule has 0 aliphatic heterocycles. The van der Waals surface area contributed by atoms with E-state index >= 15 is 0 Å². The summed E-state index contributed by atoms with van der Waals surface area (Å²) in [5.41, 5.74) is 0.345. The van der Waals surface area contributed by atoms with E-state index in [9.17, 15) is 44.6 Å². The Bertz CT molecular complexity index is 1040. The molecular formula is C24H24F9NO4. The van der Waals surface area contributed by atoms with Crippen molar-refractivity contribution in [2.45, 2.75) is 62.8 Å². The van der Waals surface area contributed by atoms with Gasteiger partial charge in [-0.3, -0.25) is 4.74 Å². The number of alkyl halides is 9. The summed E-state index contributed by atoms with van der Waals surface area (Å²) in [6, 6.07) is 9.57. The third kappa shape index (κ3) is 9.55. The Balaban J connectivity index is 1.83. The Morgan fingerprint density at radius 2 is 1.47 bits per heavy atom. The van der Waals surface area contributed by atoms with Crippen molar-refractivity contribution >= 4 is 0 Å². The first-order valence-corrected chi connectivity index (χ1v) is 11.5. The van der Waals surface area contributed by atoms with Crippen LogP contribution in [-0.2, 0) is 4.74 Å². The SMILES string of the molecule is OC(CNC(c1cccc(Oc2cccc(OC(F)(F)F)c2)c1)C1CCCC(OC(F)(F)F)C1)C(F)(F)F. The highest BCUT2D eigenvalue weighted by Gasteiger charge is 2.41. The molecule has 5 nitrogen and oxygen atoms in total. The number of aliphatic hydroxyl groups is 1. The minimum absolute atomic E-state index is 0.0304. The van der Waals surface area contributed by atoms with Crippen molar-refractivity contribution in [3.8, 4) is 17.2 Å². The molecule has 3 rings (SSSR count). The van der Waals surface area contributed by atoms with Crippen molar-refractivity contribution in [2.24, 2.45) is 5.92 Å². The van der Waals surface area contributed by atoms with Gasteiger partial charge in [-0.2, -0.15) is 13.2 Å². The average Bonchev–Trinajstić information content (AvgIpc) is 2.77. The molecular weight excluding hydrogens is 537 g/mol. The second-order valence-electron chi connectivity index (χ2n) is 8.75. The van der Waals surface area contributed by atoms with Crippen LogP contribution in [0.5, 0.6) is 17.2 Å². The van der Waals surface area contributed by atoms with E-state index in [-0.39, 0.29) is 24.3 Å². The number of aliphatic hydroxyl groups excluding tert-OH is 1. The molecule has 2 aromatic carbocycles. The molecule has 2 aromatic rings. The monoisotopic (exact) mass is 561 g/mol. The molecule has 1 fully saturated rings. The van der Waals surface area contributed by atoms with Crippen molar-refractivity contribution in [3.63, 3.8) is 0 Å². The zero-order chi connectivity index (χ0) is 28.1. The van der Waals surface area contributed by atoms with E-state index in [0.717, 1.165) is 12.1 Å². The number of hydrogen-bond donors (Lipinski definition) is 2. The zero-order valence-corrected chi connectivity index (χ0v) is 19.5. The van der Waals surface area contributed by atoms with Gasteiger partial charge in [0, 0.05) is 18.7 Å². The van der Waals surface area contributed by atoms with E-state index in [1.54, 1.807) is 0 Å². The third-order valence-electron chi connectivity index (χ3n) is 5.84. The number of halogens is 9. The molecule has 0 saturated heterocycles. The van der Waals surface area contributed by atoms with Crippen LogP contribution in [0.25, 0.3) is 0 Å². The van der Waals surface area contributed by atoms with Crippen molar-refractivity contribution < 1.29 is 58.8 Å². The van der Waals surface area contributed by atoms with Crippen LogP contribution in [0.15, 0.2) is 48.5 Å². The molecule has 1 saturated carbocycles. The van der Waals surface area contributed by atoms with Gasteiger partial charge in [-0.1, -0.05) is 24.6 Å². The van der Waals surface area contributed by atoms with Gasteiger partial charge in [0.05, 0.1) is 6.10 Å². The summed E-state index contributed by atoms with van der Waals surface area (Å²) in [6.07, 6.45) is -17.9. The fourth-order valence-electron chi connectivity index (χ4n) is 4.33. The van der Waals surface area contributed by atoms with Gasteiger partial charge >= 0.3 is 18.9 Å². The maximum Gasteiger partial charge on any atom is 0.573 e. The van der Waals surface area contributed by atoms with Gasteiger partial charge in [0.15, 0.2) is 6.10 Å². The number of hydrogen-bond acceptors (Lipinski definition) is 5. The normalized spacial score (nSPS) is 20.6. The van der Waals surface area contributed by atoms with E-state index in [0.29, 0.717) is 18.4 Å². The number of rotatable bonds is 9. The van der Waals surface area contributed by atoms with E-state index in [2.05, 4.69) is 14.8 Å². The Labute approximate surface area is 211 Å². The van der Waals surface area contributed by atoms with Gasteiger partial charge in [0.25, 0.3) is 0 Å². The van der Waals surface area contributed by atoms with Gasteiger partial charge in [0.2, 0.25) is 0 Å². The smallest absolute Gasteiger partial charge is 0.457 e. The second-order valence-corrected chi connectivity index (χ2v) is 8.75. The first-order chi connectivity index (χ1) is 17.6. The average molecular weight is 561 g/mol. The van der Waals surface area contributed by atoms with Crippen LogP contribution >= 0.6 is 0 Å². The topological polar surface area (TPSA) is 60.0 Å². The Hall–Kier alpha value is -2.71. The van der Waals surface area contributed by atoms with Crippen LogP contribution in [-0.4, -0.2) is 42.8 Å². The molecule has 0 aromatic heterocycles. The summed E-state index contributed by atoms with van der Waals surface area (Å²) in [6.45, 7) is -0.919. The molecule has 2 N–H and O–H groups in total. The first kappa shape index (κ1) is 29.8. The second kappa shape index (κ2) is 12.0. The highest BCUT2D eigenvalue weighted by atomic mass is 19.4. The van der Waals surface area contributed by atoms with Crippen LogP contribution in [0.2, 0.25) is 0 Å². The zero-order valence-electron chi connectivity index (χ0n) is 19.5. The standard InChI is InChI=1S/C24H24F9NO4/c25-22(26,27)20(35)13-34-21(15-5-2-8-18(11-15)37-23(28,29)30)14-4-1-6-16(10-14)36-17-7-3-9-19(12-17)38-24(31,32)33/h1,3-4,6-7,9-10,12,15,18,20-21,34-35H,2,5,8,11,13H2. The fourth-order valence-corrected chi connectivity index (χ4v) is 4.33. The maximum absolute atomic E-state index is 12.9. The quantitative estimate of drug-likeness (QED) is 0.322. The highest BCUT2D eigenvalue weighted by Crippen LogP contribution is 2.39. The van der Waals surface area contributed by atoms with Crippen molar-refractivity contribution in [3.05, 3.63) is 54.1 Å². The lowest BCUT2D eigenvalue weighted by atomic mass is 9.79. The summed E-state index contributed by atoms with van der Waals surface area (Å²) < 4.78 is 128. The Kier molecular flexibility index (Phi) is 9.42. The lowest BCUT2D eigenvalue weighted by Crippen LogP contribution is -2.42. The van der Waals surface area contributed by atoms with Crippen LogP contribution in [0, 0.1) is 5.92 Å². The van der Waals surface area contributed by atoms with Crippen LogP contribution in [0.3, 0.4) is 0 Å². The molecule has 0 heterocycles. The van der Waals surface area contributed by atoms with Gasteiger partial charge in [0.1, 0.15) is 17.2 Å². The summed E-state index contributed by atoms with van der Waals surface area (Å²) in [5.74, 6) is -1.05. The summed E-state index contributed by atoms with van der Waals surface area (Å²) in [7, 11) is 0. The molecule has 212 valence electrons. The minimum atomic E-state index is -4.92. The summed E-state index contributed by atoms with van der Waals surface area (Å²) in [5, 5.41) is 12.1. The molecule has 0 radical (unpaired) electrons. The van der Waals surface area contributed by atoms with Crippen molar-refractivity contribution in [1.29, 1.82) is 0 Å². The molecule has 0 amide bonds. The van der Waals surface area contributed by atoms with E-state index in [1.807, 2.05) is 0 Å². The molecule has 1 aliphatic carbocycles. The number of nitrogens with one attached hydrogen (secondary N) is 1. The Morgan fingerprint density at radius 3 is 2.11 bits per heavy atom. The highest BCUT2D eigenvalue weighted by molar-refractivity contribution is 5.39. The van der Waals surface area contributed by atoms with Gasteiger partial charge < -0.3 is 19.9 Å². The fraction of sp³-hybridized carbons (Fsp3) is 0.500. The molecule has 0 bridgehead atoms. The molecule has 14 heteroatoms. The third-order valence-corrected chi connectivity index (χ3v) is 5.84. The van der Waals surface area contributed by atoms with Gasteiger partial charge in [-0.05, 0) is 55.0 Å². The van der Waals surface area contributed by atoms with Gasteiger partial charge in [-0.25, -0.2) is 0 Å². The first-order valence-electron chi connectivity index (χ1n) is 11.5. The predicted octanol–water partition coefficient (Wildman–Crippen LogP) is 7.03.